The van der Waals surface area contributed by atoms with Crippen molar-refractivity contribution in [2.45, 2.75) is 82.7 Å². The van der Waals surface area contributed by atoms with Crippen LogP contribution in [0, 0.1) is 11.8 Å². The van der Waals surface area contributed by atoms with Crippen LogP contribution >= 0.6 is 0 Å². The Hall–Kier alpha value is -0.570. The van der Waals surface area contributed by atoms with E-state index in [2.05, 4.69) is 4.90 Å². The Balaban J connectivity index is 1.68. The number of amides is 1. The van der Waals surface area contributed by atoms with Crippen molar-refractivity contribution in [3.8, 4) is 0 Å². The van der Waals surface area contributed by atoms with E-state index >= 15 is 0 Å². The summed E-state index contributed by atoms with van der Waals surface area (Å²) in [7, 11) is 0. The van der Waals surface area contributed by atoms with Crippen LogP contribution < -0.4 is 5.73 Å². The summed E-state index contributed by atoms with van der Waals surface area (Å²) in [5, 5.41) is 0. The number of rotatable bonds is 2. The molecule has 1 heterocycles. The van der Waals surface area contributed by atoms with Crippen LogP contribution in [0.1, 0.15) is 70.6 Å². The van der Waals surface area contributed by atoms with Gasteiger partial charge in [-0.3, -0.25) is 4.79 Å². The maximum Gasteiger partial charge on any atom is 0.227 e. The topological polar surface area (TPSA) is 46.3 Å². The van der Waals surface area contributed by atoms with Gasteiger partial charge in [0.1, 0.15) is 0 Å². The largest absolute Gasteiger partial charge is 0.339 e. The molecule has 0 aromatic rings. The number of nitrogens with zero attached hydrogens (tertiary/aromatic N) is 1. The molecule has 0 aromatic heterocycles. The van der Waals surface area contributed by atoms with Crippen molar-refractivity contribution in [1.29, 1.82) is 0 Å². The predicted molar refractivity (Wildman–Crippen MR) is 81.2 cm³/mol. The van der Waals surface area contributed by atoms with E-state index in [1.165, 1.54) is 57.8 Å². The zero-order valence-corrected chi connectivity index (χ0v) is 12.7. The predicted octanol–water partition coefficient (Wildman–Crippen LogP) is 3.08. The molecule has 2 aliphatic carbocycles. The zero-order valence-electron chi connectivity index (χ0n) is 12.7. The lowest BCUT2D eigenvalue weighted by Crippen LogP contribution is -2.47. The molecule has 3 aliphatic rings. The Morgan fingerprint density at radius 2 is 1.55 bits per heavy atom. The van der Waals surface area contributed by atoms with Crippen LogP contribution in [0.5, 0.6) is 0 Å². The van der Waals surface area contributed by atoms with Crippen LogP contribution in [0.2, 0.25) is 0 Å². The summed E-state index contributed by atoms with van der Waals surface area (Å²) in [5.74, 6) is 1.29. The first-order valence-electron chi connectivity index (χ1n) is 8.83. The smallest absolute Gasteiger partial charge is 0.227 e. The Labute approximate surface area is 123 Å². The van der Waals surface area contributed by atoms with Gasteiger partial charge in [0.05, 0.1) is 5.92 Å². The van der Waals surface area contributed by atoms with Crippen molar-refractivity contribution in [3.05, 3.63) is 0 Å². The Kier molecular flexibility index (Phi) is 4.65. The number of nitrogens with two attached hydrogens (primary N) is 1. The van der Waals surface area contributed by atoms with Crippen LogP contribution in [0.15, 0.2) is 0 Å². The maximum absolute atomic E-state index is 13.0. The molecule has 3 nitrogen and oxygen atoms in total. The van der Waals surface area contributed by atoms with Gasteiger partial charge in [0.25, 0.3) is 0 Å². The van der Waals surface area contributed by atoms with Gasteiger partial charge in [-0.15, -0.1) is 0 Å². The van der Waals surface area contributed by atoms with E-state index in [-0.39, 0.29) is 12.0 Å². The fourth-order valence-corrected chi connectivity index (χ4v) is 4.75. The van der Waals surface area contributed by atoms with E-state index in [0.717, 1.165) is 25.3 Å². The van der Waals surface area contributed by atoms with Crippen LogP contribution in [0.4, 0.5) is 0 Å². The number of hydrogen-bond acceptors (Lipinski definition) is 2. The molecule has 0 radical (unpaired) electrons. The first kappa shape index (κ1) is 14.4. The van der Waals surface area contributed by atoms with Crippen molar-refractivity contribution in [1.82, 2.24) is 4.90 Å². The SMILES string of the molecule is NC1CCCCCC1C(=O)N1CCCC1C1CCCC1. The van der Waals surface area contributed by atoms with E-state index in [1.54, 1.807) is 0 Å². The molecule has 20 heavy (non-hydrogen) atoms. The minimum atomic E-state index is 0.106. The maximum atomic E-state index is 13.0. The van der Waals surface area contributed by atoms with Gasteiger partial charge in [0.15, 0.2) is 0 Å². The fraction of sp³-hybridized carbons (Fsp3) is 0.941. The Morgan fingerprint density at radius 1 is 0.850 bits per heavy atom. The molecule has 0 spiro atoms. The van der Waals surface area contributed by atoms with Crippen molar-refractivity contribution >= 4 is 5.91 Å². The second kappa shape index (κ2) is 6.46. The number of carbonyl (C=O) groups is 1. The quantitative estimate of drug-likeness (QED) is 0.789. The van der Waals surface area contributed by atoms with Gasteiger partial charge in [-0.2, -0.15) is 0 Å². The molecule has 0 bridgehead atoms. The average molecular weight is 278 g/mol. The standard InChI is InChI=1S/C17H30N2O/c18-15-10-3-1-2-9-14(15)17(20)19-12-6-11-16(19)13-7-4-5-8-13/h13-16H,1-12,18H2. The van der Waals surface area contributed by atoms with E-state index in [4.69, 9.17) is 5.73 Å². The molecular formula is C17H30N2O. The fourth-order valence-electron chi connectivity index (χ4n) is 4.75. The van der Waals surface area contributed by atoms with Gasteiger partial charge < -0.3 is 10.6 Å². The molecule has 2 N–H and O–H groups in total. The number of carbonyl (C=O) groups excluding carboxylic acids is 1. The van der Waals surface area contributed by atoms with E-state index < -0.39 is 0 Å². The van der Waals surface area contributed by atoms with Crippen LogP contribution in [-0.2, 0) is 4.79 Å². The second-order valence-electron chi connectivity index (χ2n) is 7.19. The second-order valence-corrected chi connectivity index (χ2v) is 7.19. The summed E-state index contributed by atoms with van der Waals surface area (Å²) in [6, 6.07) is 0.648. The zero-order chi connectivity index (χ0) is 13.9. The van der Waals surface area contributed by atoms with Gasteiger partial charge in [-0.25, -0.2) is 0 Å². The average Bonchev–Trinajstić information content (AvgIpc) is 3.07. The summed E-state index contributed by atoms with van der Waals surface area (Å²) >= 11 is 0. The minimum Gasteiger partial charge on any atom is -0.339 e. The summed E-state index contributed by atoms with van der Waals surface area (Å²) in [6.45, 7) is 0.989. The molecule has 3 atom stereocenters. The summed E-state index contributed by atoms with van der Waals surface area (Å²) in [6.07, 6.45) is 13.6. The first-order chi connectivity index (χ1) is 9.77. The van der Waals surface area contributed by atoms with Gasteiger partial charge in [0, 0.05) is 18.6 Å². The van der Waals surface area contributed by atoms with Gasteiger partial charge in [-0.05, 0) is 44.4 Å². The first-order valence-corrected chi connectivity index (χ1v) is 8.83. The van der Waals surface area contributed by atoms with Crippen molar-refractivity contribution in [3.63, 3.8) is 0 Å². The molecule has 1 saturated heterocycles. The molecule has 1 amide bonds. The highest BCUT2D eigenvalue weighted by Gasteiger charge is 2.39. The van der Waals surface area contributed by atoms with Crippen LogP contribution in [0.25, 0.3) is 0 Å². The van der Waals surface area contributed by atoms with Crippen LogP contribution in [-0.4, -0.2) is 29.4 Å². The minimum absolute atomic E-state index is 0.106. The Bertz CT molecular complexity index is 338. The lowest BCUT2D eigenvalue weighted by molar-refractivity contribution is -0.138. The van der Waals surface area contributed by atoms with E-state index in [9.17, 15) is 4.79 Å². The summed E-state index contributed by atoms with van der Waals surface area (Å²) < 4.78 is 0. The van der Waals surface area contributed by atoms with Gasteiger partial charge >= 0.3 is 0 Å². The van der Waals surface area contributed by atoms with E-state index in [1.807, 2.05) is 0 Å². The molecule has 2 saturated carbocycles. The van der Waals surface area contributed by atoms with Crippen molar-refractivity contribution < 1.29 is 4.79 Å². The molecule has 3 heteroatoms. The third-order valence-corrected chi connectivity index (χ3v) is 5.91. The highest BCUT2D eigenvalue weighted by Crippen LogP contribution is 2.37. The normalized spacial score (nSPS) is 36.2. The molecule has 3 unspecified atom stereocenters. The molecular weight excluding hydrogens is 248 g/mol. The Morgan fingerprint density at radius 3 is 2.35 bits per heavy atom. The molecule has 3 fully saturated rings. The monoisotopic (exact) mass is 278 g/mol. The molecule has 1 aliphatic heterocycles. The third-order valence-electron chi connectivity index (χ3n) is 5.91. The lowest BCUT2D eigenvalue weighted by atomic mass is 9.91. The number of hydrogen-bond donors (Lipinski definition) is 1. The van der Waals surface area contributed by atoms with Crippen LogP contribution in [0.3, 0.4) is 0 Å². The number of likely N-dealkylation sites (tertiary alicyclic amines) is 1. The highest BCUT2D eigenvalue weighted by atomic mass is 16.2. The van der Waals surface area contributed by atoms with E-state index in [0.29, 0.717) is 11.9 Å². The summed E-state index contributed by atoms with van der Waals surface area (Å²) in [4.78, 5) is 15.2. The van der Waals surface area contributed by atoms with Crippen molar-refractivity contribution in [2.24, 2.45) is 17.6 Å². The third kappa shape index (κ3) is 2.88. The highest BCUT2D eigenvalue weighted by molar-refractivity contribution is 5.80. The van der Waals surface area contributed by atoms with Gasteiger partial charge in [-0.1, -0.05) is 32.1 Å². The van der Waals surface area contributed by atoms with Gasteiger partial charge in [0.2, 0.25) is 5.91 Å². The van der Waals surface area contributed by atoms with Crippen molar-refractivity contribution in [2.75, 3.05) is 6.54 Å². The molecule has 0 aromatic carbocycles. The molecule has 114 valence electrons. The lowest BCUT2D eigenvalue weighted by Gasteiger charge is -2.33. The molecule has 3 rings (SSSR count). The summed E-state index contributed by atoms with van der Waals surface area (Å²) in [5.41, 5.74) is 6.30.